The number of halogens is 3. The molecule has 4 N–H and O–H groups in total. The Bertz CT molecular complexity index is 1290. The summed E-state index contributed by atoms with van der Waals surface area (Å²) >= 11 is 6.09. The van der Waals surface area contributed by atoms with E-state index in [0.29, 0.717) is 10.2 Å². The third-order valence-corrected chi connectivity index (χ3v) is 5.61. The number of aromatic carboxylic acids is 1. The Morgan fingerprint density at radius 2 is 1.78 bits per heavy atom. The standard InChI is InChI=1S/C23H20ClF2N3O7/c1-36-12-7-15(25)13(16(26)8-12)10-29-19(22(32)33)9-18(28-29)21(31)27-17(20(30)23(34)35)6-11-4-2-3-5-14(11)24/h2-5,7-9,17,20,30H,6,10H2,1H3,(H,27,31)(H,32,33)(H,34,35)/t17-,20-/m1/s1. The number of ether oxygens (including phenoxy) is 1. The number of methoxy groups -OCH3 is 1. The van der Waals surface area contributed by atoms with E-state index in [9.17, 15) is 38.5 Å². The number of aromatic nitrogens is 2. The Morgan fingerprint density at radius 1 is 1.14 bits per heavy atom. The van der Waals surface area contributed by atoms with Gasteiger partial charge in [-0.3, -0.25) is 9.48 Å². The average Bonchev–Trinajstić information content (AvgIpc) is 3.26. The van der Waals surface area contributed by atoms with Crippen molar-refractivity contribution >= 4 is 29.4 Å². The van der Waals surface area contributed by atoms with Crippen LogP contribution in [0.5, 0.6) is 5.75 Å². The van der Waals surface area contributed by atoms with Crippen molar-refractivity contribution in [3.05, 3.63) is 81.6 Å². The Morgan fingerprint density at radius 3 is 2.33 bits per heavy atom. The van der Waals surface area contributed by atoms with E-state index >= 15 is 0 Å². The van der Waals surface area contributed by atoms with E-state index in [-0.39, 0.29) is 17.2 Å². The zero-order valence-electron chi connectivity index (χ0n) is 18.6. The van der Waals surface area contributed by atoms with Gasteiger partial charge in [-0.2, -0.15) is 5.10 Å². The number of benzene rings is 2. The summed E-state index contributed by atoms with van der Waals surface area (Å²) in [6.45, 7) is -0.669. The number of carboxylic acid groups (broad SMARTS) is 2. The van der Waals surface area contributed by atoms with E-state index in [2.05, 4.69) is 10.4 Å². The highest BCUT2D eigenvalue weighted by molar-refractivity contribution is 6.31. The Balaban J connectivity index is 1.90. The minimum Gasteiger partial charge on any atom is -0.497 e. The minimum atomic E-state index is -2.03. The van der Waals surface area contributed by atoms with Crippen LogP contribution in [0.3, 0.4) is 0 Å². The van der Waals surface area contributed by atoms with Gasteiger partial charge in [-0.25, -0.2) is 18.4 Å². The molecule has 13 heteroatoms. The SMILES string of the molecule is COc1cc(F)c(Cn2nc(C(=O)N[C@H](Cc3ccccc3Cl)[C@@H](O)C(=O)O)cc2C(=O)O)c(F)c1. The highest BCUT2D eigenvalue weighted by Gasteiger charge is 2.30. The maximum Gasteiger partial charge on any atom is 0.354 e. The predicted octanol–water partition coefficient (Wildman–Crippen LogP) is 2.36. The number of rotatable bonds is 10. The normalized spacial score (nSPS) is 12.6. The van der Waals surface area contributed by atoms with Gasteiger partial charge in [-0.05, 0) is 18.1 Å². The van der Waals surface area contributed by atoms with Gasteiger partial charge in [0, 0.05) is 28.8 Å². The van der Waals surface area contributed by atoms with Crippen LogP contribution in [0.1, 0.15) is 32.1 Å². The lowest BCUT2D eigenvalue weighted by Crippen LogP contribution is -2.48. The Labute approximate surface area is 207 Å². The number of carbonyl (C=O) groups excluding carboxylic acids is 1. The van der Waals surface area contributed by atoms with Crippen LogP contribution in [0, 0.1) is 11.6 Å². The fourth-order valence-corrected chi connectivity index (χ4v) is 3.59. The highest BCUT2D eigenvalue weighted by atomic mass is 35.5. The lowest BCUT2D eigenvalue weighted by Gasteiger charge is -2.21. The molecule has 0 aliphatic carbocycles. The van der Waals surface area contributed by atoms with Crippen molar-refractivity contribution in [3.8, 4) is 5.75 Å². The number of aliphatic hydroxyl groups is 1. The summed E-state index contributed by atoms with van der Waals surface area (Å²) in [7, 11) is 1.22. The second-order valence-electron chi connectivity index (χ2n) is 7.61. The summed E-state index contributed by atoms with van der Waals surface area (Å²) in [5.74, 6) is -6.30. The van der Waals surface area contributed by atoms with Gasteiger partial charge >= 0.3 is 11.9 Å². The summed E-state index contributed by atoms with van der Waals surface area (Å²) < 4.78 is 34.2. The van der Waals surface area contributed by atoms with E-state index in [1.807, 2.05) is 0 Å². The number of carboxylic acids is 2. The molecule has 0 fully saturated rings. The molecule has 2 aromatic carbocycles. The summed E-state index contributed by atoms with van der Waals surface area (Å²) in [5, 5.41) is 35.3. The zero-order chi connectivity index (χ0) is 26.6. The monoisotopic (exact) mass is 523 g/mol. The van der Waals surface area contributed by atoms with Gasteiger partial charge in [0.2, 0.25) is 0 Å². The third-order valence-electron chi connectivity index (χ3n) is 5.24. The third kappa shape index (κ3) is 5.96. The van der Waals surface area contributed by atoms with Crippen LogP contribution in [-0.2, 0) is 17.8 Å². The molecule has 1 heterocycles. The maximum absolute atomic E-state index is 14.4. The Kier molecular flexibility index (Phi) is 8.22. The Hall–Kier alpha value is -4.03. The number of aliphatic carboxylic acids is 1. The van der Waals surface area contributed by atoms with Gasteiger partial charge in [0.25, 0.3) is 5.91 Å². The summed E-state index contributed by atoms with van der Waals surface area (Å²) in [6.07, 6.45) is -2.21. The number of carbonyl (C=O) groups is 3. The van der Waals surface area contributed by atoms with Crippen LogP contribution < -0.4 is 10.1 Å². The molecule has 0 saturated heterocycles. The first-order valence-electron chi connectivity index (χ1n) is 10.3. The zero-order valence-corrected chi connectivity index (χ0v) is 19.4. The summed E-state index contributed by atoms with van der Waals surface area (Å²) in [6, 6.07) is 7.69. The van der Waals surface area contributed by atoms with Gasteiger partial charge in [0.15, 0.2) is 11.8 Å². The molecule has 1 aromatic heterocycles. The molecule has 0 radical (unpaired) electrons. The van der Waals surface area contributed by atoms with Gasteiger partial charge in [-0.15, -0.1) is 0 Å². The van der Waals surface area contributed by atoms with Crippen LogP contribution in [0.2, 0.25) is 5.02 Å². The number of hydrogen-bond donors (Lipinski definition) is 4. The molecule has 0 bridgehead atoms. The number of amides is 1. The van der Waals surface area contributed by atoms with Crippen molar-refractivity contribution in [2.75, 3.05) is 7.11 Å². The molecule has 3 rings (SSSR count). The van der Waals surface area contributed by atoms with Crippen LogP contribution in [0.15, 0.2) is 42.5 Å². The van der Waals surface area contributed by atoms with Crippen molar-refractivity contribution in [2.24, 2.45) is 0 Å². The maximum atomic E-state index is 14.4. The molecule has 0 saturated carbocycles. The second kappa shape index (κ2) is 11.1. The average molecular weight is 524 g/mol. The van der Waals surface area contributed by atoms with Crippen LogP contribution in [-0.4, -0.2) is 62.2 Å². The van der Waals surface area contributed by atoms with E-state index in [4.69, 9.17) is 16.3 Å². The van der Waals surface area contributed by atoms with Crippen LogP contribution >= 0.6 is 11.6 Å². The topological polar surface area (TPSA) is 151 Å². The van der Waals surface area contributed by atoms with Crippen LogP contribution in [0.25, 0.3) is 0 Å². The van der Waals surface area contributed by atoms with Crippen molar-refractivity contribution in [1.29, 1.82) is 0 Å². The molecule has 0 spiro atoms. The molecule has 0 aliphatic rings. The minimum absolute atomic E-state index is 0.0886. The first-order chi connectivity index (χ1) is 17.0. The number of nitrogens with zero attached hydrogens (tertiary/aromatic N) is 2. The first kappa shape index (κ1) is 26.6. The number of aliphatic hydroxyl groups excluding tert-OH is 1. The van der Waals surface area contributed by atoms with E-state index in [1.165, 1.54) is 7.11 Å². The molecule has 10 nitrogen and oxygen atoms in total. The quantitative estimate of drug-likeness (QED) is 0.316. The van der Waals surface area contributed by atoms with Gasteiger partial charge in [0.05, 0.1) is 19.7 Å². The number of hydrogen-bond acceptors (Lipinski definition) is 6. The molecule has 190 valence electrons. The van der Waals surface area contributed by atoms with Crippen molar-refractivity contribution < 1.29 is 43.2 Å². The van der Waals surface area contributed by atoms with Gasteiger partial charge in [-0.1, -0.05) is 29.8 Å². The second-order valence-corrected chi connectivity index (χ2v) is 8.01. The molecule has 1 amide bonds. The fraction of sp³-hybridized carbons (Fsp3) is 0.217. The molecule has 3 aromatic rings. The van der Waals surface area contributed by atoms with Gasteiger partial charge < -0.3 is 25.4 Å². The number of nitrogens with one attached hydrogen (secondary N) is 1. The first-order valence-corrected chi connectivity index (χ1v) is 10.7. The smallest absolute Gasteiger partial charge is 0.354 e. The van der Waals surface area contributed by atoms with E-state index in [1.54, 1.807) is 24.3 Å². The molecule has 36 heavy (non-hydrogen) atoms. The largest absolute Gasteiger partial charge is 0.497 e. The van der Waals surface area contributed by atoms with Crippen LogP contribution in [0.4, 0.5) is 8.78 Å². The molecule has 2 atom stereocenters. The lowest BCUT2D eigenvalue weighted by atomic mass is 10.0. The van der Waals surface area contributed by atoms with Crippen molar-refractivity contribution in [1.82, 2.24) is 15.1 Å². The predicted molar refractivity (Wildman–Crippen MR) is 121 cm³/mol. The summed E-state index contributed by atoms with van der Waals surface area (Å²) in [4.78, 5) is 35.9. The van der Waals surface area contributed by atoms with Gasteiger partial charge in [0.1, 0.15) is 23.1 Å². The van der Waals surface area contributed by atoms with Crippen molar-refractivity contribution in [2.45, 2.75) is 25.1 Å². The van der Waals surface area contributed by atoms with E-state index in [0.717, 1.165) is 18.2 Å². The van der Waals surface area contributed by atoms with Crippen molar-refractivity contribution in [3.63, 3.8) is 0 Å². The highest BCUT2D eigenvalue weighted by Crippen LogP contribution is 2.22. The lowest BCUT2D eigenvalue weighted by molar-refractivity contribution is -0.148. The van der Waals surface area contributed by atoms with E-state index < -0.39 is 65.1 Å². The fourth-order valence-electron chi connectivity index (χ4n) is 3.38. The molecule has 0 aliphatic heterocycles. The summed E-state index contributed by atoms with van der Waals surface area (Å²) in [5.41, 5.74) is -1.13. The molecule has 0 unspecified atom stereocenters. The molecular weight excluding hydrogens is 504 g/mol. The molecular formula is C23H20ClF2N3O7.